The van der Waals surface area contributed by atoms with Crippen molar-refractivity contribution in [3.63, 3.8) is 0 Å². The van der Waals surface area contributed by atoms with E-state index in [0.717, 1.165) is 0 Å². The third-order valence-corrected chi connectivity index (χ3v) is 1.82. The van der Waals surface area contributed by atoms with E-state index in [1.54, 1.807) is 6.21 Å². The number of aliphatic carboxylic acids is 1. The van der Waals surface area contributed by atoms with Crippen LogP contribution in [0.2, 0.25) is 0 Å². The Morgan fingerprint density at radius 3 is 2.38 bits per heavy atom. The summed E-state index contributed by atoms with van der Waals surface area (Å²) >= 11 is 0. The van der Waals surface area contributed by atoms with Crippen LogP contribution in [0.5, 0.6) is 0 Å². The van der Waals surface area contributed by atoms with Gasteiger partial charge in [-0.3, -0.25) is 14.6 Å². The summed E-state index contributed by atoms with van der Waals surface area (Å²) < 4.78 is 0. The highest BCUT2D eigenvalue weighted by atomic mass is 16.4. The molecule has 5 heteroatoms. The normalized spacial score (nSPS) is 13.8. The average Bonchev–Trinajstić information content (AvgIpc) is 2.14. The summed E-state index contributed by atoms with van der Waals surface area (Å²) in [5, 5.41) is 11.0. The molecule has 0 aromatic rings. The van der Waals surface area contributed by atoms with Crippen LogP contribution in [0.3, 0.4) is 0 Å². The van der Waals surface area contributed by atoms with Gasteiger partial charge < -0.3 is 10.4 Å². The standard InChI is InChI=1S/C11H20N2O3/c1-11(2,3)7-13-8(10(16)12-4)5-6-9(14)15/h7-8H,5-6H2,1-4H3,(H,12,16)(H,14,15)/t8-/m0/s1. The maximum atomic E-state index is 11.4. The van der Waals surface area contributed by atoms with Crippen LogP contribution in [-0.2, 0) is 9.59 Å². The number of nitrogens with one attached hydrogen (secondary N) is 1. The molecule has 0 rings (SSSR count). The fourth-order valence-electron chi connectivity index (χ4n) is 1.01. The molecule has 0 fully saturated rings. The number of amides is 1. The van der Waals surface area contributed by atoms with Gasteiger partial charge in [0.15, 0.2) is 0 Å². The van der Waals surface area contributed by atoms with Crippen LogP contribution in [0.1, 0.15) is 33.6 Å². The van der Waals surface area contributed by atoms with Crippen LogP contribution in [0.25, 0.3) is 0 Å². The summed E-state index contributed by atoms with van der Waals surface area (Å²) in [6, 6.07) is -0.611. The average molecular weight is 228 g/mol. The number of rotatable bonds is 5. The van der Waals surface area contributed by atoms with Crippen molar-refractivity contribution >= 4 is 18.1 Å². The van der Waals surface area contributed by atoms with Gasteiger partial charge in [0.05, 0.1) is 0 Å². The summed E-state index contributed by atoms with van der Waals surface area (Å²) in [5.41, 5.74) is -0.116. The van der Waals surface area contributed by atoms with Crippen molar-refractivity contribution in [3.8, 4) is 0 Å². The molecule has 0 aromatic heterocycles. The summed E-state index contributed by atoms with van der Waals surface area (Å²) in [4.78, 5) is 26.0. The molecule has 0 aromatic carbocycles. The highest BCUT2D eigenvalue weighted by Crippen LogP contribution is 2.11. The fourth-order valence-corrected chi connectivity index (χ4v) is 1.01. The zero-order valence-electron chi connectivity index (χ0n) is 10.3. The van der Waals surface area contributed by atoms with Crippen LogP contribution in [0.15, 0.2) is 4.99 Å². The number of carbonyl (C=O) groups excluding carboxylic acids is 1. The molecule has 5 nitrogen and oxygen atoms in total. The van der Waals surface area contributed by atoms with Gasteiger partial charge >= 0.3 is 5.97 Å². The van der Waals surface area contributed by atoms with Crippen molar-refractivity contribution < 1.29 is 14.7 Å². The van der Waals surface area contributed by atoms with E-state index in [-0.39, 0.29) is 24.2 Å². The van der Waals surface area contributed by atoms with Gasteiger partial charge in [-0.1, -0.05) is 20.8 Å². The monoisotopic (exact) mass is 228 g/mol. The molecule has 0 aliphatic heterocycles. The summed E-state index contributed by atoms with van der Waals surface area (Å²) in [6.45, 7) is 5.90. The highest BCUT2D eigenvalue weighted by Gasteiger charge is 2.17. The molecule has 0 saturated carbocycles. The van der Waals surface area contributed by atoms with Gasteiger partial charge in [-0.2, -0.15) is 0 Å². The molecular weight excluding hydrogens is 208 g/mol. The predicted molar refractivity (Wildman–Crippen MR) is 62.7 cm³/mol. The van der Waals surface area contributed by atoms with E-state index >= 15 is 0 Å². The lowest BCUT2D eigenvalue weighted by atomic mass is 9.99. The van der Waals surface area contributed by atoms with E-state index in [0.29, 0.717) is 0 Å². The van der Waals surface area contributed by atoms with Crippen molar-refractivity contribution in [2.45, 2.75) is 39.7 Å². The molecule has 0 unspecified atom stereocenters. The Morgan fingerprint density at radius 2 is 2.00 bits per heavy atom. The van der Waals surface area contributed by atoms with E-state index in [9.17, 15) is 9.59 Å². The number of hydrogen-bond acceptors (Lipinski definition) is 3. The van der Waals surface area contributed by atoms with Crippen molar-refractivity contribution in [3.05, 3.63) is 0 Å². The van der Waals surface area contributed by atoms with Gasteiger partial charge in [-0.15, -0.1) is 0 Å². The van der Waals surface area contributed by atoms with Crippen LogP contribution in [-0.4, -0.2) is 36.3 Å². The molecule has 0 heterocycles. The molecule has 0 bridgehead atoms. The van der Waals surface area contributed by atoms with Gasteiger partial charge in [0.2, 0.25) is 5.91 Å². The van der Waals surface area contributed by atoms with E-state index in [4.69, 9.17) is 5.11 Å². The van der Waals surface area contributed by atoms with Crippen LogP contribution >= 0.6 is 0 Å². The second kappa shape index (κ2) is 6.25. The van der Waals surface area contributed by atoms with Gasteiger partial charge in [0.1, 0.15) is 6.04 Å². The Bertz CT molecular complexity index is 279. The van der Waals surface area contributed by atoms with E-state index in [1.165, 1.54) is 7.05 Å². The second-order valence-electron chi connectivity index (χ2n) is 4.71. The first kappa shape index (κ1) is 14.6. The molecule has 0 spiro atoms. The van der Waals surface area contributed by atoms with Crippen molar-refractivity contribution in [2.75, 3.05) is 7.05 Å². The van der Waals surface area contributed by atoms with Crippen molar-refractivity contribution in [1.82, 2.24) is 5.32 Å². The number of hydrogen-bond donors (Lipinski definition) is 2. The smallest absolute Gasteiger partial charge is 0.303 e. The highest BCUT2D eigenvalue weighted by molar-refractivity contribution is 5.84. The largest absolute Gasteiger partial charge is 0.481 e. The number of carboxylic acids is 1. The minimum Gasteiger partial charge on any atom is -0.481 e. The minimum absolute atomic E-state index is 0.0560. The maximum Gasteiger partial charge on any atom is 0.303 e. The first-order valence-electron chi connectivity index (χ1n) is 5.24. The van der Waals surface area contributed by atoms with E-state index in [1.807, 2.05) is 20.8 Å². The quantitative estimate of drug-likeness (QED) is 0.691. The number of carbonyl (C=O) groups is 2. The lowest BCUT2D eigenvalue weighted by molar-refractivity contribution is -0.137. The van der Waals surface area contributed by atoms with Gasteiger partial charge in [0, 0.05) is 19.7 Å². The fraction of sp³-hybridized carbons (Fsp3) is 0.727. The van der Waals surface area contributed by atoms with Crippen LogP contribution in [0, 0.1) is 5.41 Å². The first-order valence-corrected chi connectivity index (χ1v) is 5.24. The van der Waals surface area contributed by atoms with Gasteiger partial charge in [-0.05, 0) is 11.8 Å². The third-order valence-electron chi connectivity index (χ3n) is 1.82. The Morgan fingerprint density at radius 1 is 1.44 bits per heavy atom. The van der Waals surface area contributed by atoms with E-state index < -0.39 is 12.0 Å². The zero-order chi connectivity index (χ0) is 12.8. The zero-order valence-corrected chi connectivity index (χ0v) is 10.3. The topological polar surface area (TPSA) is 78.8 Å². The van der Waals surface area contributed by atoms with E-state index in [2.05, 4.69) is 10.3 Å². The number of carboxylic acid groups (broad SMARTS) is 1. The lowest BCUT2D eigenvalue weighted by Gasteiger charge is -2.14. The van der Waals surface area contributed by atoms with Crippen LogP contribution < -0.4 is 5.32 Å². The number of nitrogens with zero attached hydrogens (tertiary/aromatic N) is 1. The first-order chi connectivity index (χ1) is 7.26. The van der Waals surface area contributed by atoms with Gasteiger partial charge in [0.25, 0.3) is 0 Å². The van der Waals surface area contributed by atoms with Crippen molar-refractivity contribution in [2.24, 2.45) is 10.4 Å². The van der Waals surface area contributed by atoms with Crippen LogP contribution in [0.4, 0.5) is 0 Å². The predicted octanol–water partition coefficient (Wildman–Crippen LogP) is 1.08. The Labute approximate surface area is 96.0 Å². The number of aliphatic imine (C=N–C) groups is 1. The maximum absolute atomic E-state index is 11.4. The third kappa shape index (κ3) is 6.98. The molecule has 0 aliphatic carbocycles. The lowest BCUT2D eigenvalue weighted by Crippen LogP contribution is -2.31. The summed E-state index contributed by atoms with van der Waals surface area (Å²) in [5.74, 6) is -1.17. The molecule has 16 heavy (non-hydrogen) atoms. The summed E-state index contributed by atoms with van der Waals surface area (Å²) in [7, 11) is 1.52. The molecule has 0 radical (unpaired) electrons. The number of likely N-dealkylation sites (N-methyl/N-ethyl adjacent to an activating group) is 1. The molecule has 1 amide bonds. The van der Waals surface area contributed by atoms with Crippen molar-refractivity contribution in [1.29, 1.82) is 0 Å². The SMILES string of the molecule is CNC(=O)[C@H](CCC(=O)O)N=CC(C)(C)C. The summed E-state index contributed by atoms with van der Waals surface area (Å²) in [6.07, 6.45) is 1.86. The molecule has 0 saturated heterocycles. The molecule has 0 aliphatic rings. The molecule has 92 valence electrons. The molecule has 2 N–H and O–H groups in total. The minimum atomic E-state index is -0.917. The Balaban J connectivity index is 4.50. The molecular formula is C11H20N2O3. The second-order valence-corrected chi connectivity index (χ2v) is 4.71. The molecule has 1 atom stereocenters. The Kier molecular flexibility index (Phi) is 5.71. The Hall–Kier alpha value is -1.39. The van der Waals surface area contributed by atoms with Gasteiger partial charge in [-0.25, -0.2) is 0 Å².